The van der Waals surface area contributed by atoms with Gasteiger partial charge in [0.05, 0.1) is 23.5 Å². The van der Waals surface area contributed by atoms with E-state index < -0.39 is 5.82 Å². The van der Waals surface area contributed by atoms with Crippen LogP contribution in [-0.4, -0.2) is 11.6 Å². The largest absolute Gasteiger partial charge is 0.492 e. The number of unbranched alkanes of at least 4 members (excludes halogenated alkanes) is 2. The van der Waals surface area contributed by atoms with Gasteiger partial charge in [0.25, 0.3) is 0 Å². The van der Waals surface area contributed by atoms with Gasteiger partial charge in [-0.25, -0.2) is 8.78 Å². The van der Waals surface area contributed by atoms with Crippen LogP contribution in [0.5, 0.6) is 5.75 Å². The second-order valence-electron chi connectivity index (χ2n) is 8.16. The van der Waals surface area contributed by atoms with Gasteiger partial charge in [-0.1, -0.05) is 61.7 Å². The van der Waals surface area contributed by atoms with Crippen LogP contribution in [0.2, 0.25) is 5.02 Å². The fraction of sp³-hybridized carbons (Fsp3) is 0.250. The zero-order valence-electron chi connectivity index (χ0n) is 18.6. The van der Waals surface area contributed by atoms with Crippen LogP contribution < -0.4 is 4.74 Å². The van der Waals surface area contributed by atoms with Crippen molar-refractivity contribution in [2.24, 2.45) is 0 Å². The number of hydrogen-bond acceptors (Lipinski definition) is 2. The molecule has 3 aromatic carbocycles. The van der Waals surface area contributed by atoms with Crippen LogP contribution in [0.1, 0.15) is 37.3 Å². The monoisotopic (exact) mass is 465 g/mol. The van der Waals surface area contributed by atoms with E-state index in [9.17, 15) is 4.39 Å². The van der Waals surface area contributed by atoms with Crippen LogP contribution in [0, 0.1) is 11.6 Å². The number of ether oxygens (including phenoxy) is 1. The first kappa shape index (κ1) is 23.2. The smallest absolute Gasteiger partial charge is 0.142 e. The van der Waals surface area contributed by atoms with E-state index in [1.54, 1.807) is 24.4 Å². The Labute approximate surface area is 198 Å². The molecule has 0 spiro atoms. The molecule has 4 aromatic rings. The lowest BCUT2D eigenvalue weighted by Gasteiger charge is -2.10. The van der Waals surface area contributed by atoms with Crippen molar-refractivity contribution in [3.63, 3.8) is 0 Å². The van der Waals surface area contributed by atoms with E-state index in [4.69, 9.17) is 16.3 Å². The summed E-state index contributed by atoms with van der Waals surface area (Å²) in [7, 11) is 0. The zero-order valence-corrected chi connectivity index (χ0v) is 19.3. The minimum atomic E-state index is -0.453. The normalized spacial score (nSPS) is 11.2. The van der Waals surface area contributed by atoms with Gasteiger partial charge in [0.2, 0.25) is 0 Å². The lowest BCUT2D eigenvalue weighted by atomic mass is 9.98. The predicted octanol–water partition coefficient (Wildman–Crippen LogP) is 8.19. The number of nitrogens with zero attached hydrogens (tertiary/aromatic N) is 1. The van der Waals surface area contributed by atoms with E-state index in [-0.39, 0.29) is 10.8 Å². The number of rotatable bonds is 9. The van der Waals surface area contributed by atoms with E-state index in [1.165, 1.54) is 12.1 Å². The molecule has 0 amide bonds. The minimum absolute atomic E-state index is 0.0927. The summed E-state index contributed by atoms with van der Waals surface area (Å²) in [5.74, 6) is 0.0644. The fourth-order valence-corrected chi connectivity index (χ4v) is 3.96. The Morgan fingerprint density at radius 1 is 0.909 bits per heavy atom. The Hall–Kier alpha value is -2.98. The maximum Gasteiger partial charge on any atom is 0.142 e. The Morgan fingerprint density at radius 3 is 2.55 bits per heavy atom. The third kappa shape index (κ3) is 5.69. The van der Waals surface area contributed by atoms with Crippen LogP contribution in [0.25, 0.3) is 22.0 Å². The zero-order chi connectivity index (χ0) is 23.2. The van der Waals surface area contributed by atoms with Crippen LogP contribution in [-0.2, 0) is 12.8 Å². The molecule has 1 heterocycles. The number of hydrogen-bond donors (Lipinski definition) is 0. The highest BCUT2D eigenvalue weighted by Crippen LogP contribution is 2.28. The van der Waals surface area contributed by atoms with Crippen molar-refractivity contribution in [2.75, 3.05) is 6.61 Å². The van der Waals surface area contributed by atoms with Crippen molar-refractivity contribution >= 4 is 22.4 Å². The topological polar surface area (TPSA) is 22.1 Å². The molecule has 0 saturated carbocycles. The number of aromatic nitrogens is 1. The first-order chi connectivity index (χ1) is 16.0. The van der Waals surface area contributed by atoms with E-state index in [0.717, 1.165) is 47.2 Å². The highest BCUT2D eigenvalue weighted by molar-refractivity contribution is 6.30. The van der Waals surface area contributed by atoms with Gasteiger partial charge in [-0.15, -0.1) is 0 Å². The molecule has 0 unspecified atom stereocenters. The molecule has 0 aliphatic carbocycles. The molecular weight excluding hydrogens is 440 g/mol. The third-order valence-electron chi connectivity index (χ3n) is 5.75. The van der Waals surface area contributed by atoms with Crippen molar-refractivity contribution in [3.05, 3.63) is 94.6 Å². The molecule has 0 radical (unpaired) electrons. The molecule has 4 rings (SSSR count). The van der Waals surface area contributed by atoms with Gasteiger partial charge in [-0.05, 0) is 66.1 Å². The van der Waals surface area contributed by atoms with Gasteiger partial charge < -0.3 is 4.74 Å². The summed E-state index contributed by atoms with van der Waals surface area (Å²) >= 11 is 5.74. The van der Waals surface area contributed by atoms with Gasteiger partial charge in [0.15, 0.2) is 0 Å². The van der Waals surface area contributed by atoms with Gasteiger partial charge in [-0.2, -0.15) is 0 Å². The highest BCUT2D eigenvalue weighted by Gasteiger charge is 2.10. The van der Waals surface area contributed by atoms with Crippen molar-refractivity contribution in [1.29, 1.82) is 0 Å². The maximum atomic E-state index is 15.1. The summed E-state index contributed by atoms with van der Waals surface area (Å²) in [4.78, 5) is 4.51. The summed E-state index contributed by atoms with van der Waals surface area (Å²) in [6.07, 6.45) is 6.09. The predicted molar refractivity (Wildman–Crippen MR) is 131 cm³/mol. The highest BCUT2D eigenvalue weighted by atomic mass is 35.5. The van der Waals surface area contributed by atoms with Crippen LogP contribution in [0.4, 0.5) is 8.78 Å². The lowest BCUT2D eigenvalue weighted by molar-refractivity contribution is 0.305. The Morgan fingerprint density at radius 2 is 1.79 bits per heavy atom. The Balaban J connectivity index is 1.47. The van der Waals surface area contributed by atoms with Crippen LogP contribution >= 0.6 is 11.6 Å². The molecule has 0 atom stereocenters. The molecule has 0 aliphatic heterocycles. The standard InChI is InChI=1S/C28H26ClF2NO/c1-2-3-4-15-33-23-11-14-27(32-18-23)22-10-12-24-21(17-22)9-8-20(28(24)31)7-5-19-6-13-25(29)26(30)16-19/h6,8-14,16-18H,2-5,7,15H2,1H3. The Kier molecular flexibility index (Phi) is 7.56. The van der Waals surface area contributed by atoms with Crippen LogP contribution in [0.15, 0.2) is 66.9 Å². The minimum Gasteiger partial charge on any atom is -0.492 e. The molecule has 0 N–H and O–H groups in total. The average molecular weight is 466 g/mol. The first-order valence-electron chi connectivity index (χ1n) is 11.3. The first-order valence-corrected chi connectivity index (χ1v) is 11.7. The molecule has 2 nitrogen and oxygen atoms in total. The number of halogens is 3. The van der Waals surface area contributed by atoms with E-state index >= 15 is 4.39 Å². The van der Waals surface area contributed by atoms with Crippen molar-refractivity contribution in [2.45, 2.75) is 39.0 Å². The average Bonchev–Trinajstić information content (AvgIpc) is 2.84. The molecule has 0 aliphatic rings. The van der Waals surface area contributed by atoms with E-state index in [2.05, 4.69) is 11.9 Å². The lowest BCUT2D eigenvalue weighted by Crippen LogP contribution is -1.98. The summed E-state index contributed by atoms with van der Waals surface area (Å²) in [5.41, 5.74) is 3.12. The van der Waals surface area contributed by atoms with Gasteiger partial charge in [-0.3, -0.25) is 4.98 Å². The van der Waals surface area contributed by atoms with Crippen molar-refractivity contribution in [3.8, 4) is 17.0 Å². The molecule has 5 heteroatoms. The second kappa shape index (κ2) is 10.8. The second-order valence-corrected chi connectivity index (χ2v) is 8.56. The maximum absolute atomic E-state index is 15.1. The molecule has 33 heavy (non-hydrogen) atoms. The Bertz CT molecular complexity index is 1240. The SMILES string of the molecule is CCCCCOc1ccc(-c2ccc3c(F)c(CCc4ccc(Cl)c(F)c4)ccc3c2)nc1. The summed E-state index contributed by atoms with van der Waals surface area (Å²) in [5, 5.41) is 1.47. The third-order valence-corrected chi connectivity index (χ3v) is 6.06. The molecule has 0 saturated heterocycles. The van der Waals surface area contributed by atoms with E-state index in [0.29, 0.717) is 30.4 Å². The molecule has 170 valence electrons. The number of fused-ring (bicyclic) bond motifs is 1. The molecular formula is C28H26ClF2NO. The molecule has 0 fully saturated rings. The van der Waals surface area contributed by atoms with E-state index in [1.807, 2.05) is 30.3 Å². The summed E-state index contributed by atoms with van der Waals surface area (Å²) < 4.78 is 34.5. The quantitative estimate of drug-likeness (QED) is 0.232. The van der Waals surface area contributed by atoms with Crippen LogP contribution in [0.3, 0.4) is 0 Å². The van der Waals surface area contributed by atoms with Gasteiger partial charge in [0.1, 0.15) is 17.4 Å². The van der Waals surface area contributed by atoms with Crippen molar-refractivity contribution in [1.82, 2.24) is 4.98 Å². The van der Waals surface area contributed by atoms with Gasteiger partial charge in [0, 0.05) is 10.9 Å². The van der Waals surface area contributed by atoms with Crippen molar-refractivity contribution < 1.29 is 13.5 Å². The summed E-state index contributed by atoms with van der Waals surface area (Å²) in [6.45, 7) is 2.86. The molecule has 0 bridgehead atoms. The van der Waals surface area contributed by atoms with Gasteiger partial charge >= 0.3 is 0 Å². The fourth-order valence-electron chi connectivity index (χ4n) is 3.84. The number of pyridine rings is 1. The molecule has 1 aromatic heterocycles. The summed E-state index contributed by atoms with van der Waals surface area (Å²) in [6, 6.07) is 17.9. The number of aryl methyl sites for hydroxylation is 2. The number of benzene rings is 3.